The van der Waals surface area contributed by atoms with E-state index in [1.165, 1.54) is 0 Å². The molecular weight excluding hydrogens is 140 g/mol. The van der Waals surface area contributed by atoms with Gasteiger partial charge in [0.2, 0.25) is 0 Å². The minimum Gasteiger partial charge on any atom is -0.550 e. The molecule has 60 valence electrons. The summed E-state index contributed by atoms with van der Waals surface area (Å²) in [4.78, 5) is 0. The van der Waals surface area contributed by atoms with E-state index < -0.39 is 0 Å². The van der Waals surface area contributed by atoms with E-state index in [4.69, 9.17) is 9.47 Å². The molecule has 1 aliphatic rings. The van der Waals surface area contributed by atoms with Crippen LogP contribution in [0.5, 0.6) is 0 Å². The summed E-state index contributed by atoms with van der Waals surface area (Å²) in [6, 6.07) is 0. The minimum atomic E-state index is 0.542. The molecule has 0 unspecified atom stereocenters. The second-order valence-electron chi connectivity index (χ2n) is 2.40. The Labute approximate surface area is 66.8 Å². The predicted molar refractivity (Wildman–Crippen MR) is 43.4 cm³/mol. The van der Waals surface area contributed by atoms with Gasteiger partial charge in [-0.2, -0.15) is 0 Å². The molecule has 0 saturated carbocycles. The van der Waals surface area contributed by atoms with E-state index in [0.29, 0.717) is 6.61 Å². The van der Waals surface area contributed by atoms with Gasteiger partial charge in [0.15, 0.2) is 0 Å². The smallest absolute Gasteiger partial charge is 0.0917 e. The second kappa shape index (κ2) is 3.76. The highest BCUT2D eigenvalue weighted by atomic mass is 16.5. The first-order valence-electron chi connectivity index (χ1n) is 3.42. The lowest BCUT2D eigenvalue weighted by Crippen LogP contribution is -1.89. The van der Waals surface area contributed by atoms with E-state index in [2.05, 4.69) is 6.58 Å². The van der Waals surface area contributed by atoms with Gasteiger partial charge < -0.3 is 9.47 Å². The molecule has 0 aromatic rings. The van der Waals surface area contributed by atoms with Crippen molar-refractivity contribution in [2.24, 2.45) is 0 Å². The zero-order valence-corrected chi connectivity index (χ0v) is 6.54. The van der Waals surface area contributed by atoms with Crippen LogP contribution < -0.4 is 0 Å². The first-order chi connectivity index (χ1) is 5.29. The van der Waals surface area contributed by atoms with E-state index in [1.807, 2.05) is 19.4 Å². The largest absolute Gasteiger partial charge is 0.550 e. The highest BCUT2D eigenvalue weighted by Crippen LogP contribution is 2.11. The molecule has 11 heavy (non-hydrogen) atoms. The van der Waals surface area contributed by atoms with E-state index in [-0.39, 0.29) is 0 Å². The quantitative estimate of drug-likeness (QED) is 0.349. The lowest BCUT2D eigenvalue weighted by molar-refractivity contribution is 0.254. The number of ether oxygens (including phenoxy) is 2. The Bertz CT molecular complexity index is 192. The Kier molecular flexibility index (Phi) is 2.66. The van der Waals surface area contributed by atoms with E-state index in [9.17, 15) is 0 Å². The summed E-state index contributed by atoms with van der Waals surface area (Å²) < 4.78 is 10.1. The van der Waals surface area contributed by atoms with Gasteiger partial charge >= 0.3 is 0 Å². The summed E-state index contributed by atoms with van der Waals surface area (Å²) in [6.07, 6.45) is 6.83. The third kappa shape index (κ3) is 2.85. The van der Waals surface area contributed by atoms with Crippen LogP contribution in [0.15, 0.2) is 36.5 Å². The third-order valence-corrected chi connectivity index (χ3v) is 1.07. The van der Waals surface area contributed by atoms with E-state index >= 15 is 0 Å². The number of hydrogen-bond donors (Lipinski definition) is 0. The molecule has 0 aromatic heterocycles. The van der Waals surface area contributed by atoms with Gasteiger partial charge in [-0.1, -0.05) is 6.58 Å². The van der Waals surface area contributed by atoms with Crippen molar-refractivity contribution in [2.75, 3.05) is 6.61 Å². The monoisotopic (exact) mass is 151 g/mol. The Balaban J connectivity index is 2.19. The Hall–Kier alpha value is -1.31. The first-order valence-corrected chi connectivity index (χ1v) is 3.42. The second-order valence-corrected chi connectivity index (χ2v) is 2.40. The van der Waals surface area contributed by atoms with Crippen molar-refractivity contribution in [3.05, 3.63) is 42.9 Å². The van der Waals surface area contributed by atoms with Gasteiger partial charge in [0, 0.05) is 12.0 Å². The molecule has 0 bridgehead atoms. The molecule has 0 amide bonds. The van der Waals surface area contributed by atoms with E-state index in [0.717, 1.165) is 11.3 Å². The fourth-order valence-corrected chi connectivity index (χ4v) is 0.624. The van der Waals surface area contributed by atoms with Gasteiger partial charge in [0.1, 0.15) is 0 Å². The molecule has 0 radical (unpaired) electrons. The maximum absolute atomic E-state index is 5.12. The lowest BCUT2D eigenvalue weighted by atomic mass is 10.4. The van der Waals surface area contributed by atoms with Gasteiger partial charge in [-0.15, -0.1) is 12.5 Å². The molecule has 0 aromatic carbocycles. The maximum Gasteiger partial charge on any atom is 0.0917 e. The Morgan fingerprint density at radius 3 is 3.27 bits per heavy atom. The normalized spacial score (nSPS) is 17.7. The summed E-state index contributed by atoms with van der Waals surface area (Å²) in [5.74, 6) is 0.728. The summed E-state index contributed by atoms with van der Waals surface area (Å²) in [6.45, 7) is 6.15. The van der Waals surface area contributed by atoms with Gasteiger partial charge in [-0.05, 0) is 18.8 Å². The Morgan fingerprint density at radius 2 is 2.73 bits per heavy atom. The van der Waals surface area contributed by atoms with Gasteiger partial charge in [-0.25, -0.2) is 0 Å². The van der Waals surface area contributed by atoms with Crippen molar-refractivity contribution >= 4 is 0 Å². The fraction of sp³-hybridized carbons (Fsp3) is 0.222. The fourth-order valence-electron chi connectivity index (χ4n) is 0.624. The van der Waals surface area contributed by atoms with Crippen LogP contribution in [-0.4, -0.2) is 6.61 Å². The predicted octanol–water partition coefficient (Wildman–Crippen LogP) is 2.17. The highest BCUT2D eigenvalue weighted by Gasteiger charge is 1.90. The molecule has 2 nitrogen and oxygen atoms in total. The van der Waals surface area contributed by atoms with Crippen molar-refractivity contribution < 1.29 is 9.47 Å². The number of rotatable bonds is 3. The zero-order chi connectivity index (χ0) is 8.10. The van der Waals surface area contributed by atoms with Crippen molar-refractivity contribution in [3.8, 4) is 0 Å². The third-order valence-electron chi connectivity index (χ3n) is 1.07. The molecule has 0 fully saturated rings. The van der Waals surface area contributed by atoms with Gasteiger partial charge in [0.05, 0.1) is 6.61 Å². The topological polar surface area (TPSA) is 18.5 Å². The molecular formula is C9H11O2-. The zero-order valence-electron chi connectivity index (χ0n) is 6.54. The van der Waals surface area contributed by atoms with Crippen LogP contribution in [0.4, 0.5) is 0 Å². The Morgan fingerprint density at radius 1 is 1.91 bits per heavy atom. The molecule has 0 saturated heterocycles. The van der Waals surface area contributed by atoms with Crippen LogP contribution in [0.1, 0.15) is 6.92 Å². The molecule has 0 atom stereocenters. The average Bonchev–Trinajstić information content (AvgIpc) is 2.39. The minimum absolute atomic E-state index is 0.542. The van der Waals surface area contributed by atoms with Crippen molar-refractivity contribution in [3.63, 3.8) is 0 Å². The highest BCUT2D eigenvalue weighted by molar-refractivity contribution is 5.19. The average molecular weight is 151 g/mol. The van der Waals surface area contributed by atoms with Crippen LogP contribution >= 0.6 is 0 Å². The summed E-state index contributed by atoms with van der Waals surface area (Å²) in [7, 11) is 0. The van der Waals surface area contributed by atoms with Gasteiger partial charge in [-0.3, -0.25) is 0 Å². The van der Waals surface area contributed by atoms with Crippen LogP contribution in [0, 0.1) is 6.42 Å². The number of allylic oxidation sites excluding steroid dienone is 1. The van der Waals surface area contributed by atoms with Crippen LogP contribution in [0.2, 0.25) is 0 Å². The van der Waals surface area contributed by atoms with Crippen LogP contribution in [0.3, 0.4) is 0 Å². The molecule has 1 aliphatic heterocycles. The molecule has 1 heterocycles. The van der Waals surface area contributed by atoms with Crippen molar-refractivity contribution in [2.45, 2.75) is 6.92 Å². The summed E-state index contributed by atoms with van der Waals surface area (Å²) >= 11 is 0. The summed E-state index contributed by atoms with van der Waals surface area (Å²) in [5, 5.41) is 0. The van der Waals surface area contributed by atoms with Crippen molar-refractivity contribution in [1.29, 1.82) is 0 Å². The summed E-state index contributed by atoms with van der Waals surface area (Å²) in [5.41, 5.74) is 0.993. The molecule has 0 aliphatic carbocycles. The van der Waals surface area contributed by atoms with Gasteiger partial charge in [0.25, 0.3) is 0 Å². The standard InChI is InChI=1S/C9H11O2/c1-8(2)6-10-7-9-4-3-5-11-9/h3-5,7H,1,6H2,2H3/q-1/b9-7-. The SMILES string of the molecule is C=C(C)CO/C=C1/[CH-]C=CO1. The van der Waals surface area contributed by atoms with Crippen LogP contribution in [0.25, 0.3) is 0 Å². The molecule has 1 rings (SSSR count). The van der Waals surface area contributed by atoms with Crippen molar-refractivity contribution in [1.82, 2.24) is 0 Å². The molecule has 0 spiro atoms. The molecule has 0 N–H and O–H groups in total. The van der Waals surface area contributed by atoms with Crippen LogP contribution in [-0.2, 0) is 9.47 Å². The first kappa shape index (κ1) is 7.79. The maximum atomic E-state index is 5.12. The number of hydrogen-bond acceptors (Lipinski definition) is 2. The van der Waals surface area contributed by atoms with E-state index in [1.54, 1.807) is 12.5 Å². The molecule has 2 heteroatoms. The lowest BCUT2D eigenvalue weighted by Gasteiger charge is -2.07.